The summed E-state index contributed by atoms with van der Waals surface area (Å²) >= 11 is 0. The normalized spacial score (nSPS) is 22.9. The van der Waals surface area contributed by atoms with E-state index in [2.05, 4.69) is 4.98 Å². The molecular formula is C17H20N2O. The summed E-state index contributed by atoms with van der Waals surface area (Å²) in [5.74, 6) is 1.06. The molecule has 0 unspecified atom stereocenters. The minimum atomic E-state index is 0.163. The van der Waals surface area contributed by atoms with Crippen LogP contribution in [0.3, 0.4) is 0 Å². The monoisotopic (exact) mass is 268 g/mol. The lowest BCUT2D eigenvalue weighted by Crippen LogP contribution is -2.25. The summed E-state index contributed by atoms with van der Waals surface area (Å²) in [4.78, 5) is 16.9. The summed E-state index contributed by atoms with van der Waals surface area (Å²) in [6, 6.07) is 7.83. The number of carbonyl (C=O) groups is 1. The second kappa shape index (κ2) is 5.71. The van der Waals surface area contributed by atoms with E-state index in [0.717, 1.165) is 48.6 Å². The fourth-order valence-corrected chi connectivity index (χ4v) is 3.22. The lowest BCUT2D eigenvalue weighted by atomic mass is 9.78. The second-order valence-electron chi connectivity index (χ2n) is 5.72. The van der Waals surface area contributed by atoms with E-state index in [-0.39, 0.29) is 11.7 Å². The van der Waals surface area contributed by atoms with E-state index in [1.165, 1.54) is 0 Å². The van der Waals surface area contributed by atoms with Crippen LogP contribution in [0.1, 0.15) is 36.0 Å². The first-order valence-corrected chi connectivity index (χ1v) is 7.36. The molecule has 2 aromatic rings. The zero-order valence-corrected chi connectivity index (χ0v) is 11.6. The number of nitrogens with two attached hydrogens (primary N) is 1. The van der Waals surface area contributed by atoms with E-state index in [1.54, 1.807) is 6.20 Å². The Morgan fingerprint density at radius 1 is 1.20 bits per heavy atom. The molecule has 2 N–H and O–H groups in total. The average Bonchev–Trinajstić information content (AvgIpc) is 2.54. The van der Waals surface area contributed by atoms with Crippen molar-refractivity contribution in [1.82, 2.24) is 4.98 Å². The van der Waals surface area contributed by atoms with Gasteiger partial charge in [0.1, 0.15) is 0 Å². The number of carbonyl (C=O) groups excluding carboxylic acids is 1. The maximum atomic E-state index is 12.8. The molecule has 3 rings (SSSR count). The van der Waals surface area contributed by atoms with Crippen LogP contribution in [0.25, 0.3) is 10.8 Å². The third-order valence-electron chi connectivity index (χ3n) is 4.50. The highest BCUT2D eigenvalue weighted by molar-refractivity contribution is 6.08. The average molecular weight is 268 g/mol. The largest absolute Gasteiger partial charge is 0.330 e. The van der Waals surface area contributed by atoms with Gasteiger partial charge in [0, 0.05) is 29.3 Å². The number of hydrogen-bond donors (Lipinski definition) is 1. The maximum Gasteiger partial charge on any atom is 0.166 e. The van der Waals surface area contributed by atoms with Crippen molar-refractivity contribution < 1.29 is 4.79 Å². The van der Waals surface area contributed by atoms with Gasteiger partial charge in [-0.05, 0) is 49.6 Å². The standard InChI is InChI=1S/C17H20N2O/c18-10-12-4-6-13(7-5-12)17(20)16-3-1-2-14-11-19-9-8-15(14)16/h1-3,8-9,11-13H,4-7,10,18H2. The molecule has 1 heterocycles. The SMILES string of the molecule is NCC1CCC(C(=O)c2cccc3cnccc23)CC1. The van der Waals surface area contributed by atoms with E-state index < -0.39 is 0 Å². The number of aromatic nitrogens is 1. The van der Waals surface area contributed by atoms with Crippen LogP contribution in [0, 0.1) is 11.8 Å². The van der Waals surface area contributed by atoms with E-state index in [1.807, 2.05) is 30.5 Å². The molecule has 3 heteroatoms. The molecule has 1 aromatic carbocycles. The highest BCUT2D eigenvalue weighted by Crippen LogP contribution is 2.32. The molecule has 1 fully saturated rings. The van der Waals surface area contributed by atoms with Crippen molar-refractivity contribution in [3.05, 3.63) is 42.2 Å². The Balaban J connectivity index is 1.86. The van der Waals surface area contributed by atoms with Gasteiger partial charge in [-0.15, -0.1) is 0 Å². The van der Waals surface area contributed by atoms with Crippen molar-refractivity contribution in [2.75, 3.05) is 6.54 Å². The predicted octanol–water partition coefficient (Wildman–Crippen LogP) is 3.18. The van der Waals surface area contributed by atoms with Crippen molar-refractivity contribution >= 4 is 16.6 Å². The Morgan fingerprint density at radius 2 is 2.00 bits per heavy atom. The Kier molecular flexibility index (Phi) is 3.79. The Labute approximate surface area is 119 Å². The minimum absolute atomic E-state index is 0.163. The van der Waals surface area contributed by atoms with Gasteiger partial charge in [0.25, 0.3) is 0 Å². The zero-order valence-electron chi connectivity index (χ0n) is 11.6. The van der Waals surface area contributed by atoms with Crippen LogP contribution >= 0.6 is 0 Å². The van der Waals surface area contributed by atoms with Gasteiger partial charge >= 0.3 is 0 Å². The van der Waals surface area contributed by atoms with Crippen LogP contribution < -0.4 is 5.73 Å². The maximum absolute atomic E-state index is 12.8. The van der Waals surface area contributed by atoms with Crippen LogP contribution in [0.15, 0.2) is 36.7 Å². The van der Waals surface area contributed by atoms with Crippen LogP contribution in [-0.2, 0) is 0 Å². The third kappa shape index (κ3) is 2.46. The highest BCUT2D eigenvalue weighted by Gasteiger charge is 2.27. The molecule has 1 aliphatic rings. The van der Waals surface area contributed by atoms with Crippen molar-refractivity contribution in [3.63, 3.8) is 0 Å². The van der Waals surface area contributed by atoms with Gasteiger partial charge in [0.15, 0.2) is 5.78 Å². The third-order valence-corrected chi connectivity index (χ3v) is 4.50. The van der Waals surface area contributed by atoms with Gasteiger partial charge in [-0.1, -0.05) is 18.2 Å². The van der Waals surface area contributed by atoms with Gasteiger partial charge in [-0.2, -0.15) is 0 Å². The number of ketones is 1. The van der Waals surface area contributed by atoms with Gasteiger partial charge in [0.2, 0.25) is 0 Å². The fraction of sp³-hybridized carbons (Fsp3) is 0.412. The summed E-state index contributed by atoms with van der Waals surface area (Å²) in [5.41, 5.74) is 6.57. The minimum Gasteiger partial charge on any atom is -0.330 e. The van der Waals surface area contributed by atoms with Gasteiger partial charge in [-0.3, -0.25) is 9.78 Å². The van der Waals surface area contributed by atoms with E-state index >= 15 is 0 Å². The first kappa shape index (κ1) is 13.3. The first-order valence-electron chi connectivity index (χ1n) is 7.36. The van der Waals surface area contributed by atoms with Crippen LogP contribution in [-0.4, -0.2) is 17.3 Å². The van der Waals surface area contributed by atoms with E-state index in [9.17, 15) is 4.79 Å². The van der Waals surface area contributed by atoms with Crippen molar-refractivity contribution in [2.45, 2.75) is 25.7 Å². The Hall–Kier alpha value is -1.74. The number of rotatable bonds is 3. The second-order valence-corrected chi connectivity index (χ2v) is 5.72. The molecule has 0 atom stereocenters. The number of Topliss-reactive ketones (excluding diaryl/α,β-unsaturated/α-hetero) is 1. The fourth-order valence-electron chi connectivity index (χ4n) is 3.22. The number of benzene rings is 1. The number of nitrogens with zero attached hydrogens (tertiary/aromatic N) is 1. The molecule has 0 aliphatic heterocycles. The molecular weight excluding hydrogens is 248 g/mol. The Bertz CT molecular complexity index is 610. The first-order chi connectivity index (χ1) is 9.79. The molecule has 0 amide bonds. The molecule has 0 radical (unpaired) electrons. The van der Waals surface area contributed by atoms with Gasteiger partial charge < -0.3 is 5.73 Å². The lowest BCUT2D eigenvalue weighted by molar-refractivity contribution is 0.0875. The van der Waals surface area contributed by atoms with Gasteiger partial charge in [-0.25, -0.2) is 0 Å². The summed E-state index contributed by atoms with van der Waals surface area (Å²) in [5, 5.41) is 2.06. The predicted molar refractivity (Wildman–Crippen MR) is 80.6 cm³/mol. The molecule has 0 spiro atoms. The van der Waals surface area contributed by atoms with Crippen LogP contribution in [0.5, 0.6) is 0 Å². The lowest BCUT2D eigenvalue weighted by Gasteiger charge is -2.26. The number of pyridine rings is 1. The highest BCUT2D eigenvalue weighted by atomic mass is 16.1. The molecule has 1 aromatic heterocycles. The smallest absolute Gasteiger partial charge is 0.166 e. The molecule has 0 bridgehead atoms. The Morgan fingerprint density at radius 3 is 2.75 bits per heavy atom. The van der Waals surface area contributed by atoms with E-state index in [0.29, 0.717) is 5.92 Å². The quantitative estimate of drug-likeness (QED) is 0.870. The van der Waals surface area contributed by atoms with Crippen LogP contribution in [0.4, 0.5) is 0 Å². The number of fused-ring (bicyclic) bond motifs is 1. The summed E-state index contributed by atoms with van der Waals surface area (Å²) in [6.45, 7) is 0.751. The number of hydrogen-bond acceptors (Lipinski definition) is 3. The molecule has 0 saturated heterocycles. The van der Waals surface area contributed by atoms with Crippen LogP contribution in [0.2, 0.25) is 0 Å². The summed E-state index contributed by atoms with van der Waals surface area (Å²) in [7, 11) is 0. The molecule has 1 saturated carbocycles. The summed E-state index contributed by atoms with van der Waals surface area (Å²) < 4.78 is 0. The van der Waals surface area contributed by atoms with E-state index in [4.69, 9.17) is 5.73 Å². The topological polar surface area (TPSA) is 56.0 Å². The molecule has 104 valence electrons. The summed E-state index contributed by atoms with van der Waals surface area (Å²) in [6.07, 6.45) is 7.69. The zero-order chi connectivity index (χ0) is 13.9. The van der Waals surface area contributed by atoms with Crippen molar-refractivity contribution in [1.29, 1.82) is 0 Å². The van der Waals surface area contributed by atoms with Gasteiger partial charge in [0.05, 0.1) is 0 Å². The molecule has 20 heavy (non-hydrogen) atoms. The van der Waals surface area contributed by atoms with Crippen molar-refractivity contribution in [3.8, 4) is 0 Å². The molecule has 1 aliphatic carbocycles. The molecule has 3 nitrogen and oxygen atoms in total. The van der Waals surface area contributed by atoms with Crippen molar-refractivity contribution in [2.24, 2.45) is 17.6 Å².